The van der Waals surface area contributed by atoms with Crippen molar-refractivity contribution in [3.8, 4) is 11.5 Å². The van der Waals surface area contributed by atoms with E-state index in [4.69, 9.17) is 9.47 Å². The third-order valence-corrected chi connectivity index (χ3v) is 3.42. The van der Waals surface area contributed by atoms with Crippen LogP contribution in [0, 0.1) is 5.82 Å². The van der Waals surface area contributed by atoms with Gasteiger partial charge in [-0.25, -0.2) is 4.39 Å². The van der Waals surface area contributed by atoms with Crippen molar-refractivity contribution in [2.24, 2.45) is 4.99 Å². The molecule has 0 saturated carbocycles. The third kappa shape index (κ3) is 3.03. The summed E-state index contributed by atoms with van der Waals surface area (Å²) in [5.41, 5.74) is 1.76. The maximum atomic E-state index is 13.0. The molecule has 0 bridgehead atoms. The van der Waals surface area contributed by atoms with Gasteiger partial charge in [-0.3, -0.25) is 4.99 Å². The van der Waals surface area contributed by atoms with Crippen LogP contribution in [0.4, 0.5) is 4.39 Å². The van der Waals surface area contributed by atoms with Gasteiger partial charge in [0, 0.05) is 6.54 Å². The highest BCUT2D eigenvalue weighted by Gasteiger charge is 2.17. The van der Waals surface area contributed by atoms with Crippen molar-refractivity contribution in [1.82, 2.24) is 5.32 Å². The second kappa shape index (κ2) is 6.47. The van der Waals surface area contributed by atoms with Gasteiger partial charge in [0.1, 0.15) is 18.3 Å². The molecule has 1 heterocycles. The minimum Gasteiger partial charge on any atom is -0.493 e. The molecule has 1 aliphatic heterocycles. The summed E-state index contributed by atoms with van der Waals surface area (Å²) in [4.78, 5) is 4.43. The first kappa shape index (κ1) is 14.4. The Kier molecular flexibility index (Phi) is 4.23. The first-order chi connectivity index (χ1) is 10.8. The van der Waals surface area contributed by atoms with Gasteiger partial charge in [0.15, 0.2) is 11.5 Å². The van der Waals surface area contributed by atoms with E-state index >= 15 is 0 Å². The second-order valence-corrected chi connectivity index (χ2v) is 4.91. The predicted molar refractivity (Wildman–Crippen MR) is 83.1 cm³/mol. The summed E-state index contributed by atoms with van der Waals surface area (Å²) in [6.45, 7) is 1.91. The molecule has 0 radical (unpaired) electrons. The van der Waals surface area contributed by atoms with E-state index in [9.17, 15) is 4.39 Å². The Balaban J connectivity index is 1.86. The normalized spacial score (nSPS) is 13.5. The van der Waals surface area contributed by atoms with Crippen LogP contribution in [0.15, 0.2) is 47.5 Å². The molecule has 0 aromatic heterocycles. The van der Waals surface area contributed by atoms with Crippen LogP contribution < -0.4 is 14.8 Å². The zero-order valence-electron chi connectivity index (χ0n) is 12.3. The van der Waals surface area contributed by atoms with Gasteiger partial charge >= 0.3 is 0 Å². The lowest BCUT2D eigenvalue weighted by Crippen LogP contribution is -2.20. The molecule has 0 amide bonds. The third-order valence-electron chi connectivity index (χ3n) is 3.42. The van der Waals surface area contributed by atoms with Gasteiger partial charge < -0.3 is 14.8 Å². The van der Waals surface area contributed by atoms with E-state index in [1.54, 1.807) is 19.2 Å². The fourth-order valence-electron chi connectivity index (χ4n) is 2.33. The van der Waals surface area contributed by atoms with Crippen molar-refractivity contribution in [2.75, 3.05) is 20.2 Å². The van der Waals surface area contributed by atoms with Gasteiger partial charge in [-0.2, -0.15) is 0 Å². The van der Waals surface area contributed by atoms with Crippen LogP contribution in [0.1, 0.15) is 11.1 Å². The zero-order chi connectivity index (χ0) is 15.4. The van der Waals surface area contributed by atoms with Gasteiger partial charge in [0.25, 0.3) is 0 Å². The first-order valence-corrected chi connectivity index (χ1v) is 7.11. The minimum absolute atomic E-state index is 0.258. The Morgan fingerprint density at radius 3 is 2.68 bits per heavy atom. The van der Waals surface area contributed by atoms with Crippen LogP contribution in [-0.4, -0.2) is 26.0 Å². The van der Waals surface area contributed by atoms with Crippen molar-refractivity contribution in [1.29, 1.82) is 0 Å². The molecule has 0 spiro atoms. The van der Waals surface area contributed by atoms with E-state index in [0.29, 0.717) is 18.1 Å². The minimum atomic E-state index is -0.258. The summed E-state index contributed by atoms with van der Waals surface area (Å²) >= 11 is 0. The maximum Gasteiger partial charge on any atom is 0.172 e. The predicted octanol–water partition coefficient (Wildman–Crippen LogP) is 2.76. The smallest absolute Gasteiger partial charge is 0.172 e. The topological polar surface area (TPSA) is 42.8 Å². The van der Waals surface area contributed by atoms with Crippen molar-refractivity contribution in [3.63, 3.8) is 0 Å². The Morgan fingerprint density at radius 1 is 1.18 bits per heavy atom. The monoisotopic (exact) mass is 300 g/mol. The number of rotatable bonds is 5. The maximum absolute atomic E-state index is 13.0. The lowest BCUT2D eigenvalue weighted by molar-refractivity contribution is 0.284. The van der Waals surface area contributed by atoms with Crippen molar-refractivity contribution in [3.05, 3.63) is 59.4 Å². The molecule has 4 nitrogen and oxygen atoms in total. The Labute approximate surface area is 128 Å². The molecule has 0 atom stereocenters. The summed E-state index contributed by atoms with van der Waals surface area (Å²) < 4.78 is 24.3. The summed E-state index contributed by atoms with van der Waals surface area (Å²) in [7, 11) is 1.60. The number of hydrogen-bond acceptors (Lipinski definition) is 4. The molecule has 114 valence electrons. The number of aliphatic imine (C=N–C) groups is 1. The van der Waals surface area contributed by atoms with E-state index in [1.165, 1.54) is 12.1 Å². The highest BCUT2D eigenvalue weighted by molar-refractivity contribution is 6.02. The fraction of sp³-hybridized carbons (Fsp3) is 0.235. The van der Waals surface area contributed by atoms with Crippen LogP contribution in [0.5, 0.6) is 11.5 Å². The molecule has 0 fully saturated rings. The Bertz CT molecular complexity index is 684. The SMILES string of the molecule is COc1cccc(C2=NCCN2)c1OCc1ccc(F)cc1. The van der Waals surface area contributed by atoms with E-state index in [-0.39, 0.29) is 5.82 Å². The van der Waals surface area contributed by atoms with E-state index in [0.717, 1.165) is 30.1 Å². The largest absolute Gasteiger partial charge is 0.493 e. The van der Waals surface area contributed by atoms with Gasteiger partial charge in [-0.1, -0.05) is 18.2 Å². The number of benzene rings is 2. The van der Waals surface area contributed by atoms with E-state index in [1.807, 2.05) is 18.2 Å². The number of nitrogens with one attached hydrogen (secondary N) is 1. The van der Waals surface area contributed by atoms with Crippen molar-refractivity contribution in [2.45, 2.75) is 6.61 Å². The van der Waals surface area contributed by atoms with Gasteiger partial charge in [-0.05, 0) is 29.8 Å². The molecule has 0 saturated heterocycles. The van der Waals surface area contributed by atoms with Crippen LogP contribution >= 0.6 is 0 Å². The molecule has 22 heavy (non-hydrogen) atoms. The standard InChI is InChI=1S/C17H17FN2O2/c1-21-15-4-2-3-14(17-19-9-10-20-17)16(15)22-11-12-5-7-13(18)8-6-12/h2-8H,9-11H2,1H3,(H,19,20). The molecule has 0 unspecified atom stereocenters. The Morgan fingerprint density at radius 2 is 2.00 bits per heavy atom. The number of para-hydroxylation sites is 1. The number of methoxy groups -OCH3 is 1. The number of amidine groups is 1. The average Bonchev–Trinajstić information content (AvgIpc) is 3.08. The molecule has 1 aliphatic rings. The quantitative estimate of drug-likeness (QED) is 0.923. The van der Waals surface area contributed by atoms with Crippen LogP contribution in [0.3, 0.4) is 0 Å². The molecular formula is C17H17FN2O2. The average molecular weight is 300 g/mol. The Hall–Kier alpha value is -2.56. The number of ether oxygens (including phenoxy) is 2. The van der Waals surface area contributed by atoms with Crippen LogP contribution in [0.2, 0.25) is 0 Å². The van der Waals surface area contributed by atoms with Gasteiger partial charge in [0.2, 0.25) is 0 Å². The van der Waals surface area contributed by atoms with Gasteiger partial charge in [-0.15, -0.1) is 0 Å². The summed E-state index contributed by atoms with van der Waals surface area (Å²) in [5, 5.41) is 3.24. The second-order valence-electron chi connectivity index (χ2n) is 4.91. The molecule has 5 heteroatoms. The summed E-state index contributed by atoms with van der Waals surface area (Å²) in [6, 6.07) is 11.9. The van der Waals surface area contributed by atoms with Crippen LogP contribution in [0.25, 0.3) is 0 Å². The zero-order valence-corrected chi connectivity index (χ0v) is 12.3. The highest BCUT2D eigenvalue weighted by Crippen LogP contribution is 2.32. The van der Waals surface area contributed by atoms with Crippen molar-refractivity contribution < 1.29 is 13.9 Å². The lowest BCUT2D eigenvalue weighted by atomic mass is 10.1. The molecular weight excluding hydrogens is 283 g/mol. The summed E-state index contributed by atoms with van der Waals surface area (Å²) in [5.74, 6) is 1.85. The highest BCUT2D eigenvalue weighted by atomic mass is 19.1. The molecule has 2 aromatic carbocycles. The van der Waals surface area contributed by atoms with Crippen molar-refractivity contribution >= 4 is 5.84 Å². The molecule has 3 rings (SSSR count). The number of nitrogens with zero attached hydrogens (tertiary/aromatic N) is 1. The molecule has 2 aromatic rings. The number of halogens is 1. The van der Waals surface area contributed by atoms with Crippen LogP contribution in [-0.2, 0) is 6.61 Å². The van der Waals surface area contributed by atoms with Gasteiger partial charge in [0.05, 0.1) is 19.2 Å². The number of hydrogen-bond donors (Lipinski definition) is 1. The molecule has 1 N–H and O–H groups in total. The lowest BCUT2D eigenvalue weighted by Gasteiger charge is -2.15. The fourth-order valence-corrected chi connectivity index (χ4v) is 2.33. The summed E-state index contributed by atoms with van der Waals surface area (Å²) in [6.07, 6.45) is 0. The van der Waals surface area contributed by atoms with E-state index < -0.39 is 0 Å². The van der Waals surface area contributed by atoms with E-state index in [2.05, 4.69) is 10.3 Å². The molecule has 0 aliphatic carbocycles. The first-order valence-electron chi connectivity index (χ1n) is 7.11.